The Morgan fingerprint density at radius 2 is 1.96 bits per heavy atom. The molecule has 0 saturated carbocycles. The smallest absolute Gasteiger partial charge is 0.191 e. The van der Waals surface area contributed by atoms with Crippen LogP contribution in [-0.4, -0.2) is 69.9 Å². The molecule has 0 aliphatic carbocycles. The first-order valence-corrected chi connectivity index (χ1v) is 10.2. The van der Waals surface area contributed by atoms with E-state index in [0.29, 0.717) is 12.5 Å². The van der Waals surface area contributed by atoms with Gasteiger partial charge in [0, 0.05) is 32.7 Å². The van der Waals surface area contributed by atoms with E-state index in [0.717, 1.165) is 70.6 Å². The Balaban J connectivity index is 0.00000392. The molecule has 0 amide bonds. The van der Waals surface area contributed by atoms with E-state index >= 15 is 0 Å². The normalized spacial score (nSPS) is 15.2. The van der Waals surface area contributed by atoms with Crippen molar-refractivity contribution in [2.45, 2.75) is 33.1 Å². The van der Waals surface area contributed by atoms with E-state index in [1.807, 2.05) is 12.1 Å². The highest BCUT2D eigenvalue weighted by atomic mass is 127. The number of hydrogen-bond acceptors (Lipinski definition) is 4. The minimum absolute atomic E-state index is 0. The van der Waals surface area contributed by atoms with Gasteiger partial charge in [-0.2, -0.15) is 0 Å². The lowest BCUT2D eigenvalue weighted by Crippen LogP contribution is -2.40. The SMILES string of the molecule is CCNC(=NCCCN1CCOCC1)NCCOc1ccccc1C(C)C.I. The number of para-hydroxylation sites is 1. The summed E-state index contributed by atoms with van der Waals surface area (Å²) in [4.78, 5) is 7.11. The molecule has 7 heteroatoms. The molecule has 2 rings (SSSR count). The highest BCUT2D eigenvalue weighted by molar-refractivity contribution is 14.0. The summed E-state index contributed by atoms with van der Waals surface area (Å²) in [5, 5.41) is 6.66. The number of guanidine groups is 1. The third kappa shape index (κ3) is 9.43. The largest absolute Gasteiger partial charge is 0.491 e. The number of aliphatic imine (C=N–C) groups is 1. The highest BCUT2D eigenvalue weighted by Gasteiger charge is 2.09. The second-order valence-electron chi connectivity index (χ2n) is 7.04. The van der Waals surface area contributed by atoms with Gasteiger partial charge in [-0.3, -0.25) is 9.89 Å². The predicted molar refractivity (Wildman–Crippen MR) is 127 cm³/mol. The van der Waals surface area contributed by atoms with Crippen molar-refractivity contribution in [2.75, 3.05) is 59.1 Å². The van der Waals surface area contributed by atoms with Crippen molar-refractivity contribution < 1.29 is 9.47 Å². The van der Waals surface area contributed by atoms with Gasteiger partial charge in [0.15, 0.2) is 5.96 Å². The van der Waals surface area contributed by atoms with Gasteiger partial charge in [0.1, 0.15) is 12.4 Å². The summed E-state index contributed by atoms with van der Waals surface area (Å²) in [6.45, 7) is 14.3. The lowest BCUT2D eigenvalue weighted by atomic mass is 10.0. The van der Waals surface area contributed by atoms with E-state index in [9.17, 15) is 0 Å². The van der Waals surface area contributed by atoms with Gasteiger partial charge in [0.05, 0.1) is 19.8 Å². The number of hydrogen-bond donors (Lipinski definition) is 2. The first-order valence-electron chi connectivity index (χ1n) is 10.2. The zero-order valence-electron chi connectivity index (χ0n) is 17.6. The second-order valence-corrected chi connectivity index (χ2v) is 7.04. The number of nitrogens with one attached hydrogen (secondary N) is 2. The standard InChI is InChI=1S/C21H36N4O2.HI/c1-4-22-21(23-10-7-12-25-13-16-26-17-14-25)24-11-15-27-20-9-6-5-8-19(20)18(2)3;/h5-6,8-9,18H,4,7,10-17H2,1-3H3,(H2,22,23,24);1H. The van der Waals surface area contributed by atoms with Gasteiger partial charge < -0.3 is 20.1 Å². The lowest BCUT2D eigenvalue weighted by molar-refractivity contribution is 0.0377. The second kappa shape index (κ2) is 14.9. The molecule has 6 nitrogen and oxygen atoms in total. The lowest BCUT2D eigenvalue weighted by Gasteiger charge is -2.26. The fraction of sp³-hybridized carbons (Fsp3) is 0.667. The Bertz CT molecular complexity index is 563. The van der Waals surface area contributed by atoms with Crippen molar-refractivity contribution in [3.8, 4) is 5.75 Å². The molecule has 1 heterocycles. The zero-order chi connectivity index (χ0) is 19.3. The molecule has 1 fully saturated rings. The fourth-order valence-electron chi connectivity index (χ4n) is 3.07. The quantitative estimate of drug-likeness (QED) is 0.222. The van der Waals surface area contributed by atoms with Gasteiger partial charge in [-0.1, -0.05) is 32.0 Å². The summed E-state index contributed by atoms with van der Waals surface area (Å²) in [5.74, 6) is 2.29. The maximum atomic E-state index is 5.97. The van der Waals surface area contributed by atoms with Crippen molar-refractivity contribution in [3.05, 3.63) is 29.8 Å². The molecule has 2 N–H and O–H groups in total. The van der Waals surface area contributed by atoms with E-state index in [4.69, 9.17) is 9.47 Å². The van der Waals surface area contributed by atoms with Gasteiger partial charge in [-0.15, -0.1) is 24.0 Å². The summed E-state index contributed by atoms with van der Waals surface area (Å²) < 4.78 is 11.4. The van der Waals surface area contributed by atoms with Crippen LogP contribution in [-0.2, 0) is 4.74 Å². The van der Waals surface area contributed by atoms with Crippen molar-refractivity contribution in [2.24, 2.45) is 4.99 Å². The van der Waals surface area contributed by atoms with Crippen LogP contribution in [0.25, 0.3) is 0 Å². The van der Waals surface area contributed by atoms with Crippen LogP contribution < -0.4 is 15.4 Å². The van der Waals surface area contributed by atoms with Crippen LogP contribution in [0.5, 0.6) is 5.75 Å². The maximum Gasteiger partial charge on any atom is 0.191 e. The third-order valence-electron chi connectivity index (χ3n) is 4.54. The van der Waals surface area contributed by atoms with Crippen molar-refractivity contribution >= 4 is 29.9 Å². The van der Waals surface area contributed by atoms with Crippen LogP contribution in [0, 0.1) is 0 Å². The van der Waals surface area contributed by atoms with E-state index in [2.05, 4.69) is 53.4 Å². The summed E-state index contributed by atoms with van der Waals surface area (Å²) in [6.07, 6.45) is 1.06. The number of benzene rings is 1. The van der Waals surface area contributed by atoms with Crippen LogP contribution in [0.3, 0.4) is 0 Å². The molecule has 28 heavy (non-hydrogen) atoms. The molecule has 0 spiro atoms. The average Bonchev–Trinajstić information content (AvgIpc) is 2.69. The molecule has 1 aromatic rings. The Morgan fingerprint density at radius 3 is 2.68 bits per heavy atom. The maximum absolute atomic E-state index is 5.97. The third-order valence-corrected chi connectivity index (χ3v) is 4.54. The van der Waals surface area contributed by atoms with Crippen molar-refractivity contribution in [1.29, 1.82) is 0 Å². The summed E-state index contributed by atoms with van der Waals surface area (Å²) in [7, 11) is 0. The van der Waals surface area contributed by atoms with Crippen LogP contribution in [0.15, 0.2) is 29.3 Å². The van der Waals surface area contributed by atoms with Gasteiger partial charge in [0.2, 0.25) is 0 Å². The Labute approximate surface area is 187 Å². The van der Waals surface area contributed by atoms with Crippen LogP contribution >= 0.6 is 24.0 Å². The van der Waals surface area contributed by atoms with E-state index < -0.39 is 0 Å². The van der Waals surface area contributed by atoms with Crippen molar-refractivity contribution in [1.82, 2.24) is 15.5 Å². The number of nitrogens with zero attached hydrogens (tertiary/aromatic N) is 2. The molecule has 0 aromatic heterocycles. The van der Waals surface area contributed by atoms with Crippen LogP contribution in [0.1, 0.15) is 38.7 Å². The monoisotopic (exact) mass is 504 g/mol. The van der Waals surface area contributed by atoms with Gasteiger partial charge in [-0.05, 0) is 30.9 Å². The topological polar surface area (TPSA) is 58.1 Å². The Kier molecular flexibility index (Phi) is 13.3. The van der Waals surface area contributed by atoms with E-state index in [-0.39, 0.29) is 24.0 Å². The Hall–Kier alpha value is -1.06. The van der Waals surface area contributed by atoms with Crippen molar-refractivity contribution in [3.63, 3.8) is 0 Å². The molecule has 1 aliphatic heterocycles. The summed E-state index contributed by atoms with van der Waals surface area (Å²) >= 11 is 0. The van der Waals surface area contributed by atoms with Crippen LogP contribution in [0.2, 0.25) is 0 Å². The molecule has 1 saturated heterocycles. The first-order chi connectivity index (χ1) is 13.2. The van der Waals surface area contributed by atoms with E-state index in [1.165, 1.54) is 5.56 Å². The molecular weight excluding hydrogens is 467 g/mol. The number of ether oxygens (including phenoxy) is 2. The van der Waals surface area contributed by atoms with Gasteiger partial charge in [0.25, 0.3) is 0 Å². The van der Waals surface area contributed by atoms with Gasteiger partial charge in [-0.25, -0.2) is 0 Å². The molecule has 160 valence electrons. The highest BCUT2D eigenvalue weighted by Crippen LogP contribution is 2.25. The summed E-state index contributed by atoms with van der Waals surface area (Å²) in [6, 6.07) is 8.26. The minimum atomic E-state index is 0. The average molecular weight is 504 g/mol. The predicted octanol–water partition coefficient (Wildman–Crippen LogP) is 3.08. The number of rotatable bonds is 10. The number of halogens is 1. The van der Waals surface area contributed by atoms with Gasteiger partial charge >= 0.3 is 0 Å². The van der Waals surface area contributed by atoms with Crippen LogP contribution in [0.4, 0.5) is 0 Å². The van der Waals surface area contributed by atoms with E-state index in [1.54, 1.807) is 0 Å². The molecule has 0 atom stereocenters. The minimum Gasteiger partial charge on any atom is -0.491 e. The molecular formula is C21H37IN4O2. The number of morpholine rings is 1. The first kappa shape index (κ1) is 25.0. The zero-order valence-corrected chi connectivity index (χ0v) is 19.9. The molecule has 1 aliphatic rings. The molecule has 1 aromatic carbocycles. The molecule has 0 radical (unpaired) electrons. The molecule has 0 unspecified atom stereocenters. The summed E-state index contributed by atoms with van der Waals surface area (Å²) in [5.41, 5.74) is 1.25. The molecule has 0 bridgehead atoms. The fourth-order valence-corrected chi connectivity index (χ4v) is 3.07. The Morgan fingerprint density at radius 1 is 1.21 bits per heavy atom.